The summed E-state index contributed by atoms with van der Waals surface area (Å²) in [7, 11) is 0. The number of nitrogens with one attached hydrogen (secondary N) is 3. The van der Waals surface area contributed by atoms with Crippen molar-refractivity contribution >= 4 is 40.5 Å². The van der Waals surface area contributed by atoms with Crippen LogP contribution in [-0.2, 0) is 9.59 Å². The molecule has 2 rings (SSSR count). The van der Waals surface area contributed by atoms with Crippen molar-refractivity contribution in [3.05, 3.63) is 53.6 Å². The number of carbonyl (C=O) groups is 2. The van der Waals surface area contributed by atoms with Crippen LogP contribution in [0.1, 0.15) is 13.3 Å². The van der Waals surface area contributed by atoms with Gasteiger partial charge in [0, 0.05) is 28.5 Å². The second-order valence-corrected chi connectivity index (χ2v) is 5.33. The van der Waals surface area contributed by atoms with Crippen LogP contribution in [0.4, 0.5) is 17.1 Å². The molecular weight excluding hydrogens is 314 g/mol. The number of benzene rings is 2. The van der Waals surface area contributed by atoms with Gasteiger partial charge in [0.05, 0.1) is 6.54 Å². The summed E-state index contributed by atoms with van der Waals surface area (Å²) >= 11 is 5.80. The molecule has 0 saturated heterocycles. The van der Waals surface area contributed by atoms with Crippen molar-refractivity contribution < 1.29 is 9.59 Å². The highest BCUT2D eigenvalue weighted by molar-refractivity contribution is 6.30. The molecule has 120 valence electrons. The Bertz CT molecular complexity index is 686. The normalized spacial score (nSPS) is 10.0. The smallest absolute Gasteiger partial charge is 0.243 e. The molecule has 0 saturated carbocycles. The third kappa shape index (κ3) is 5.64. The quantitative estimate of drug-likeness (QED) is 0.755. The fourth-order valence-corrected chi connectivity index (χ4v) is 2.00. The summed E-state index contributed by atoms with van der Waals surface area (Å²) in [4.78, 5) is 23.3. The highest BCUT2D eigenvalue weighted by atomic mass is 35.5. The molecule has 0 bridgehead atoms. The third-order valence-corrected chi connectivity index (χ3v) is 3.30. The predicted molar refractivity (Wildman–Crippen MR) is 93.9 cm³/mol. The number of anilines is 3. The Morgan fingerprint density at radius 2 is 1.57 bits per heavy atom. The Labute approximate surface area is 140 Å². The molecule has 0 fully saturated rings. The largest absolute Gasteiger partial charge is 0.376 e. The molecule has 0 atom stereocenters. The lowest BCUT2D eigenvalue weighted by molar-refractivity contribution is -0.116. The van der Waals surface area contributed by atoms with Gasteiger partial charge in [0.25, 0.3) is 0 Å². The molecule has 2 aromatic rings. The van der Waals surface area contributed by atoms with E-state index in [1.807, 2.05) is 12.1 Å². The van der Waals surface area contributed by atoms with Crippen molar-refractivity contribution in [3.63, 3.8) is 0 Å². The van der Waals surface area contributed by atoms with Gasteiger partial charge in [-0.1, -0.05) is 24.6 Å². The number of hydrogen-bond donors (Lipinski definition) is 3. The summed E-state index contributed by atoms with van der Waals surface area (Å²) in [6, 6.07) is 14.1. The van der Waals surface area contributed by atoms with Crippen molar-refractivity contribution in [1.82, 2.24) is 0 Å². The Morgan fingerprint density at radius 1 is 0.913 bits per heavy atom. The Hall–Kier alpha value is -2.53. The summed E-state index contributed by atoms with van der Waals surface area (Å²) in [5, 5.41) is 9.17. The van der Waals surface area contributed by atoms with Crippen molar-refractivity contribution in [1.29, 1.82) is 0 Å². The predicted octanol–water partition coefficient (Wildman–Crippen LogP) is 3.74. The highest BCUT2D eigenvalue weighted by Crippen LogP contribution is 2.16. The van der Waals surface area contributed by atoms with Crippen LogP contribution in [-0.4, -0.2) is 18.4 Å². The van der Waals surface area contributed by atoms with E-state index >= 15 is 0 Å². The fourth-order valence-electron chi connectivity index (χ4n) is 1.88. The maximum Gasteiger partial charge on any atom is 0.243 e. The van der Waals surface area contributed by atoms with Gasteiger partial charge in [-0.25, -0.2) is 0 Å². The maximum absolute atomic E-state index is 11.9. The van der Waals surface area contributed by atoms with E-state index in [-0.39, 0.29) is 18.4 Å². The minimum Gasteiger partial charge on any atom is -0.376 e. The van der Waals surface area contributed by atoms with Crippen LogP contribution in [0.15, 0.2) is 48.5 Å². The molecule has 0 aliphatic rings. The first-order valence-corrected chi connectivity index (χ1v) is 7.64. The molecule has 3 N–H and O–H groups in total. The molecule has 0 spiro atoms. The van der Waals surface area contributed by atoms with Gasteiger partial charge in [-0.3, -0.25) is 9.59 Å². The topological polar surface area (TPSA) is 70.2 Å². The van der Waals surface area contributed by atoms with Gasteiger partial charge in [0.1, 0.15) is 0 Å². The van der Waals surface area contributed by atoms with Gasteiger partial charge in [-0.05, 0) is 42.5 Å². The second-order valence-electron chi connectivity index (χ2n) is 4.89. The van der Waals surface area contributed by atoms with Crippen molar-refractivity contribution in [2.24, 2.45) is 0 Å². The molecule has 23 heavy (non-hydrogen) atoms. The molecular formula is C17H18ClN3O2. The molecule has 2 amide bonds. The Morgan fingerprint density at radius 3 is 2.26 bits per heavy atom. The van der Waals surface area contributed by atoms with Crippen LogP contribution in [0.25, 0.3) is 0 Å². The zero-order valence-electron chi connectivity index (χ0n) is 12.7. The van der Waals surface area contributed by atoms with E-state index in [1.165, 1.54) is 0 Å². The summed E-state index contributed by atoms with van der Waals surface area (Å²) in [5.41, 5.74) is 2.13. The zero-order valence-corrected chi connectivity index (χ0v) is 13.5. The third-order valence-electron chi connectivity index (χ3n) is 3.05. The minimum absolute atomic E-state index is 0.0531. The van der Waals surface area contributed by atoms with Gasteiger partial charge in [0.15, 0.2) is 0 Å². The van der Waals surface area contributed by atoms with Crippen LogP contribution in [0, 0.1) is 0 Å². The molecule has 0 aromatic heterocycles. The van der Waals surface area contributed by atoms with Gasteiger partial charge >= 0.3 is 0 Å². The first-order valence-electron chi connectivity index (χ1n) is 7.26. The number of halogens is 1. The maximum atomic E-state index is 11.9. The Balaban J connectivity index is 1.87. The molecule has 0 radical (unpaired) electrons. The number of carbonyl (C=O) groups excluding carboxylic acids is 2. The standard InChI is InChI=1S/C17H18ClN3O2/c1-2-16(22)21-15-5-3-4-14(10-15)19-11-17(23)20-13-8-6-12(18)7-9-13/h3-10,19H,2,11H2,1H3,(H,20,23)(H,21,22). The van der Waals surface area contributed by atoms with E-state index in [4.69, 9.17) is 11.6 Å². The van der Waals surface area contributed by atoms with E-state index < -0.39 is 0 Å². The lowest BCUT2D eigenvalue weighted by Gasteiger charge is -2.10. The SMILES string of the molecule is CCC(=O)Nc1cccc(NCC(=O)Nc2ccc(Cl)cc2)c1. The van der Waals surface area contributed by atoms with Crippen LogP contribution in [0.3, 0.4) is 0 Å². The molecule has 2 aromatic carbocycles. The van der Waals surface area contributed by atoms with Gasteiger partial charge in [0.2, 0.25) is 11.8 Å². The van der Waals surface area contributed by atoms with Crippen molar-refractivity contribution in [3.8, 4) is 0 Å². The number of hydrogen-bond acceptors (Lipinski definition) is 3. The van der Waals surface area contributed by atoms with E-state index in [9.17, 15) is 9.59 Å². The van der Waals surface area contributed by atoms with Crippen LogP contribution >= 0.6 is 11.6 Å². The summed E-state index contributed by atoms with van der Waals surface area (Å²) in [5.74, 6) is -0.224. The van der Waals surface area contributed by atoms with Gasteiger partial charge in [-0.15, -0.1) is 0 Å². The van der Waals surface area contributed by atoms with E-state index in [2.05, 4.69) is 16.0 Å². The van der Waals surface area contributed by atoms with E-state index in [0.717, 1.165) is 5.69 Å². The second kappa shape index (κ2) is 8.19. The Kier molecular flexibility index (Phi) is 6.00. The number of amides is 2. The molecule has 0 unspecified atom stereocenters. The van der Waals surface area contributed by atoms with E-state index in [0.29, 0.717) is 22.8 Å². The number of rotatable bonds is 6. The van der Waals surface area contributed by atoms with Gasteiger partial charge in [-0.2, -0.15) is 0 Å². The van der Waals surface area contributed by atoms with Crippen molar-refractivity contribution in [2.75, 3.05) is 22.5 Å². The highest BCUT2D eigenvalue weighted by Gasteiger charge is 2.04. The van der Waals surface area contributed by atoms with Crippen molar-refractivity contribution in [2.45, 2.75) is 13.3 Å². The molecule has 0 aliphatic heterocycles. The molecule has 0 heterocycles. The lowest BCUT2D eigenvalue weighted by Crippen LogP contribution is -2.21. The van der Waals surface area contributed by atoms with E-state index in [1.54, 1.807) is 43.3 Å². The first kappa shape index (κ1) is 16.8. The lowest BCUT2D eigenvalue weighted by atomic mass is 10.2. The summed E-state index contributed by atoms with van der Waals surface area (Å²) in [6.45, 7) is 1.91. The van der Waals surface area contributed by atoms with Crippen LogP contribution in [0.5, 0.6) is 0 Å². The zero-order chi connectivity index (χ0) is 16.7. The minimum atomic E-state index is -0.171. The summed E-state index contributed by atoms with van der Waals surface area (Å²) < 4.78 is 0. The average Bonchev–Trinajstić information content (AvgIpc) is 2.55. The van der Waals surface area contributed by atoms with Crippen LogP contribution < -0.4 is 16.0 Å². The fraction of sp³-hybridized carbons (Fsp3) is 0.176. The molecule has 5 nitrogen and oxygen atoms in total. The summed E-state index contributed by atoms with van der Waals surface area (Å²) in [6.07, 6.45) is 0.418. The van der Waals surface area contributed by atoms with Gasteiger partial charge < -0.3 is 16.0 Å². The first-order chi connectivity index (χ1) is 11.1. The average molecular weight is 332 g/mol. The molecule has 6 heteroatoms. The van der Waals surface area contributed by atoms with Crippen LogP contribution in [0.2, 0.25) is 5.02 Å². The monoisotopic (exact) mass is 331 g/mol. The molecule has 0 aliphatic carbocycles.